The molecule has 0 bridgehead atoms. The minimum atomic E-state index is -2.87. The van der Waals surface area contributed by atoms with Crippen LogP contribution in [0, 0.1) is 0 Å². The van der Waals surface area contributed by atoms with Crippen LogP contribution in [-0.2, 0) is 0 Å². The van der Waals surface area contributed by atoms with Crippen molar-refractivity contribution < 1.29 is 18.6 Å². The van der Waals surface area contributed by atoms with E-state index >= 15 is 0 Å². The number of benzene rings is 1. The van der Waals surface area contributed by atoms with E-state index in [1.54, 1.807) is 37.4 Å². The molecule has 0 spiro atoms. The van der Waals surface area contributed by atoms with Crippen LogP contribution in [0.4, 0.5) is 26.2 Å². The quantitative estimate of drug-likeness (QED) is 0.543. The molecule has 2 heterocycles. The molecule has 1 aromatic carbocycles. The van der Waals surface area contributed by atoms with Crippen LogP contribution < -0.4 is 15.4 Å². The molecule has 2 aromatic heterocycles. The summed E-state index contributed by atoms with van der Waals surface area (Å²) in [6.45, 7) is -1.15. The monoisotopic (exact) mass is 387 g/mol. The van der Waals surface area contributed by atoms with Crippen LogP contribution in [0.15, 0.2) is 54.7 Å². The molecule has 3 aromatic rings. The Morgan fingerprint density at radius 1 is 1.07 bits per heavy atom. The Morgan fingerprint density at radius 3 is 2.50 bits per heavy atom. The van der Waals surface area contributed by atoms with Gasteiger partial charge in [0.2, 0.25) is 5.95 Å². The zero-order chi connectivity index (χ0) is 19.9. The fourth-order valence-electron chi connectivity index (χ4n) is 2.35. The minimum absolute atomic E-state index is 0.0662. The van der Waals surface area contributed by atoms with Crippen molar-refractivity contribution in [1.82, 2.24) is 15.0 Å². The molecule has 0 aliphatic carbocycles. The molecular formula is C19H19F2N5O2. The van der Waals surface area contributed by atoms with Crippen molar-refractivity contribution in [3.8, 4) is 17.1 Å². The molecule has 0 aliphatic rings. The number of aliphatic hydroxyl groups is 1. The Hall–Kier alpha value is -3.33. The number of alkyl halides is 2. The first kappa shape index (κ1) is 19.4. The van der Waals surface area contributed by atoms with Crippen molar-refractivity contribution in [2.24, 2.45) is 0 Å². The SMILES string of the molecule is C[C@H](CO)Nc1nc(Nc2ccc(OC(F)F)cc2)cc(-c2ccccn2)n1. The van der Waals surface area contributed by atoms with Crippen LogP contribution >= 0.6 is 0 Å². The van der Waals surface area contributed by atoms with E-state index in [0.29, 0.717) is 28.8 Å². The summed E-state index contributed by atoms with van der Waals surface area (Å²) in [6, 6.07) is 13.0. The zero-order valence-electron chi connectivity index (χ0n) is 15.0. The van der Waals surface area contributed by atoms with E-state index in [2.05, 4.69) is 30.3 Å². The molecule has 0 saturated carbocycles. The van der Waals surface area contributed by atoms with Gasteiger partial charge in [0.25, 0.3) is 0 Å². The van der Waals surface area contributed by atoms with Crippen LogP contribution in [0.1, 0.15) is 6.92 Å². The number of nitrogens with zero attached hydrogens (tertiary/aromatic N) is 3. The summed E-state index contributed by atoms with van der Waals surface area (Å²) in [5, 5.41) is 15.4. The topological polar surface area (TPSA) is 92.2 Å². The summed E-state index contributed by atoms with van der Waals surface area (Å²) in [6.07, 6.45) is 1.66. The van der Waals surface area contributed by atoms with Crippen molar-refractivity contribution >= 4 is 17.5 Å². The number of aliphatic hydroxyl groups excluding tert-OH is 1. The first-order valence-electron chi connectivity index (χ1n) is 8.53. The highest BCUT2D eigenvalue weighted by Crippen LogP contribution is 2.24. The van der Waals surface area contributed by atoms with E-state index in [0.717, 1.165) is 0 Å². The number of anilines is 3. The number of aromatic nitrogens is 3. The van der Waals surface area contributed by atoms with E-state index in [1.165, 1.54) is 12.1 Å². The number of pyridine rings is 1. The van der Waals surface area contributed by atoms with Gasteiger partial charge in [0.05, 0.1) is 18.0 Å². The van der Waals surface area contributed by atoms with E-state index in [-0.39, 0.29) is 18.4 Å². The average Bonchev–Trinajstić information content (AvgIpc) is 2.69. The lowest BCUT2D eigenvalue weighted by molar-refractivity contribution is -0.0498. The van der Waals surface area contributed by atoms with Gasteiger partial charge in [0.1, 0.15) is 11.6 Å². The van der Waals surface area contributed by atoms with E-state index in [1.807, 2.05) is 12.1 Å². The van der Waals surface area contributed by atoms with Crippen LogP contribution in [0.5, 0.6) is 5.75 Å². The van der Waals surface area contributed by atoms with Gasteiger partial charge in [0.15, 0.2) is 0 Å². The molecular weight excluding hydrogens is 368 g/mol. The molecule has 1 atom stereocenters. The molecule has 3 rings (SSSR count). The number of nitrogens with one attached hydrogen (secondary N) is 2. The lowest BCUT2D eigenvalue weighted by Gasteiger charge is -2.14. The molecule has 0 aliphatic heterocycles. The Bertz CT molecular complexity index is 895. The van der Waals surface area contributed by atoms with Gasteiger partial charge in [0, 0.05) is 24.0 Å². The summed E-state index contributed by atoms with van der Waals surface area (Å²) in [5.41, 5.74) is 1.88. The maximum atomic E-state index is 12.3. The first-order valence-corrected chi connectivity index (χ1v) is 8.53. The molecule has 9 heteroatoms. The highest BCUT2D eigenvalue weighted by molar-refractivity contribution is 5.65. The van der Waals surface area contributed by atoms with Crippen LogP contribution in [0.2, 0.25) is 0 Å². The van der Waals surface area contributed by atoms with Crippen LogP contribution in [0.3, 0.4) is 0 Å². The number of halogens is 2. The Balaban J connectivity index is 1.87. The summed E-state index contributed by atoms with van der Waals surface area (Å²) < 4.78 is 28.9. The Morgan fingerprint density at radius 2 is 1.86 bits per heavy atom. The zero-order valence-corrected chi connectivity index (χ0v) is 15.0. The van der Waals surface area contributed by atoms with Gasteiger partial charge in [-0.25, -0.2) is 4.98 Å². The van der Waals surface area contributed by atoms with E-state index in [9.17, 15) is 13.9 Å². The smallest absolute Gasteiger partial charge is 0.387 e. The summed E-state index contributed by atoms with van der Waals surface area (Å²) >= 11 is 0. The number of rotatable bonds is 8. The molecule has 3 N–H and O–H groups in total. The molecule has 7 nitrogen and oxygen atoms in total. The van der Waals surface area contributed by atoms with Gasteiger partial charge in [-0.15, -0.1) is 0 Å². The van der Waals surface area contributed by atoms with Gasteiger partial charge in [-0.1, -0.05) is 6.07 Å². The molecule has 0 unspecified atom stereocenters. The van der Waals surface area contributed by atoms with Crippen molar-refractivity contribution in [2.45, 2.75) is 19.6 Å². The maximum absolute atomic E-state index is 12.3. The predicted molar refractivity (Wildman–Crippen MR) is 102 cm³/mol. The van der Waals surface area contributed by atoms with E-state index in [4.69, 9.17) is 0 Å². The molecule has 0 radical (unpaired) electrons. The third-order valence-corrected chi connectivity index (χ3v) is 3.65. The molecule has 0 amide bonds. The normalized spacial score (nSPS) is 11.9. The summed E-state index contributed by atoms with van der Waals surface area (Å²) in [7, 11) is 0. The Labute approximate surface area is 160 Å². The van der Waals surface area contributed by atoms with Gasteiger partial charge in [-0.2, -0.15) is 13.8 Å². The fraction of sp³-hybridized carbons (Fsp3) is 0.211. The fourth-order valence-corrected chi connectivity index (χ4v) is 2.35. The van der Waals surface area contributed by atoms with Crippen molar-refractivity contribution in [3.63, 3.8) is 0 Å². The van der Waals surface area contributed by atoms with Gasteiger partial charge in [-0.3, -0.25) is 4.98 Å². The standard InChI is InChI=1S/C19H19F2N5O2/c1-12(11-27)23-19-25-16(15-4-2-3-9-22-15)10-17(26-19)24-13-5-7-14(8-6-13)28-18(20)21/h2-10,12,18,27H,11H2,1H3,(H2,23,24,25,26)/t12-/m1/s1. The number of ether oxygens (including phenoxy) is 1. The first-order chi connectivity index (χ1) is 13.5. The van der Waals surface area contributed by atoms with Crippen LogP contribution in [-0.4, -0.2) is 39.3 Å². The second kappa shape index (κ2) is 9.05. The van der Waals surface area contributed by atoms with Gasteiger partial charge in [-0.05, 0) is 43.3 Å². The van der Waals surface area contributed by atoms with Gasteiger partial charge < -0.3 is 20.5 Å². The number of hydrogen-bond donors (Lipinski definition) is 3. The van der Waals surface area contributed by atoms with Gasteiger partial charge >= 0.3 is 6.61 Å². The molecule has 0 saturated heterocycles. The average molecular weight is 387 g/mol. The number of hydrogen-bond acceptors (Lipinski definition) is 7. The van der Waals surface area contributed by atoms with Crippen molar-refractivity contribution in [3.05, 3.63) is 54.7 Å². The predicted octanol–water partition coefficient (Wildman–Crippen LogP) is 3.68. The Kier molecular flexibility index (Phi) is 6.28. The lowest BCUT2D eigenvalue weighted by Crippen LogP contribution is -2.21. The molecule has 0 fully saturated rings. The second-order valence-corrected chi connectivity index (χ2v) is 5.93. The van der Waals surface area contributed by atoms with E-state index < -0.39 is 6.61 Å². The lowest BCUT2D eigenvalue weighted by atomic mass is 10.2. The summed E-state index contributed by atoms with van der Waals surface area (Å²) in [5.74, 6) is 0.868. The van der Waals surface area contributed by atoms with Crippen molar-refractivity contribution in [1.29, 1.82) is 0 Å². The molecule has 28 heavy (non-hydrogen) atoms. The van der Waals surface area contributed by atoms with Crippen molar-refractivity contribution in [2.75, 3.05) is 17.2 Å². The molecule has 146 valence electrons. The third-order valence-electron chi connectivity index (χ3n) is 3.65. The largest absolute Gasteiger partial charge is 0.435 e. The van der Waals surface area contributed by atoms with Crippen LogP contribution in [0.25, 0.3) is 11.4 Å². The maximum Gasteiger partial charge on any atom is 0.387 e. The minimum Gasteiger partial charge on any atom is -0.435 e. The second-order valence-electron chi connectivity index (χ2n) is 5.93. The highest BCUT2D eigenvalue weighted by Gasteiger charge is 2.10. The third kappa shape index (κ3) is 5.34. The summed E-state index contributed by atoms with van der Waals surface area (Å²) in [4.78, 5) is 13.1. The highest BCUT2D eigenvalue weighted by atomic mass is 19.3.